The van der Waals surface area contributed by atoms with Gasteiger partial charge >= 0.3 is 6.03 Å². The van der Waals surface area contributed by atoms with E-state index in [1.807, 2.05) is 36.0 Å². The van der Waals surface area contributed by atoms with E-state index in [1.54, 1.807) is 0 Å². The van der Waals surface area contributed by atoms with E-state index in [-0.39, 0.29) is 12.1 Å². The Hall–Kier alpha value is -1.55. The number of carbonyl (C=O) groups excluding carboxylic acids is 1. The maximum absolute atomic E-state index is 12.2. The minimum absolute atomic E-state index is 0.0829. The molecule has 0 aliphatic carbocycles. The van der Waals surface area contributed by atoms with Gasteiger partial charge in [0.15, 0.2) is 0 Å². The first-order valence-corrected chi connectivity index (χ1v) is 6.45. The lowest BCUT2D eigenvalue weighted by Crippen LogP contribution is -2.37. The van der Waals surface area contributed by atoms with Crippen molar-refractivity contribution in [2.45, 2.75) is 19.4 Å². The van der Waals surface area contributed by atoms with Gasteiger partial charge in [0.05, 0.1) is 6.04 Å². The molecule has 98 valence electrons. The van der Waals surface area contributed by atoms with Crippen molar-refractivity contribution in [2.24, 2.45) is 0 Å². The number of nitrogens with one attached hydrogen (secondary N) is 1. The van der Waals surface area contributed by atoms with Gasteiger partial charge in [0.2, 0.25) is 0 Å². The second kappa shape index (κ2) is 5.40. The Morgan fingerprint density at radius 3 is 2.56 bits per heavy atom. The predicted octanol–water partition coefficient (Wildman–Crippen LogP) is 1.71. The smallest absolute Gasteiger partial charge is 0.321 e. The molecule has 1 unspecified atom stereocenters. The van der Waals surface area contributed by atoms with Crippen LogP contribution in [0.15, 0.2) is 24.3 Å². The first-order valence-electron chi connectivity index (χ1n) is 6.45. The Labute approximate surface area is 109 Å². The molecular weight excluding hydrogens is 226 g/mol. The van der Waals surface area contributed by atoms with Crippen molar-refractivity contribution in [1.29, 1.82) is 0 Å². The Bertz CT molecular complexity index is 416. The van der Waals surface area contributed by atoms with Gasteiger partial charge < -0.3 is 10.2 Å². The Balaban J connectivity index is 2.15. The van der Waals surface area contributed by atoms with Crippen molar-refractivity contribution in [3.05, 3.63) is 29.8 Å². The SMILES string of the molecule is CCc1ccc(N2CC(CNC)N(C)C2=O)cc1. The molecule has 0 saturated carbocycles. The minimum atomic E-state index is 0.0829. The van der Waals surface area contributed by atoms with Crippen LogP contribution >= 0.6 is 0 Å². The van der Waals surface area contributed by atoms with Crippen LogP contribution in [0.2, 0.25) is 0 Å². The summed E-state index contributed by atoms with van der Waals surface area (Å²) in [5.74, 6) is 0. The highest BCUT2D eigenvalue weighted by molar-refractivity contribution is 5.94. The van der Waals surface area contributed by atoms with Crippen LogP contribution in [0.3, 0.4) is 0 Å². The van der Waals surface area contributed by atoms with Crippen LogP contribution in [0.4, 0.5) is 10.5 Å². The third kappa shape index (κ3) is 2.34. The summed E-state index contributed by atoms with van der Waals surface area (Å²) in [5, 5.41) is 3.13. The normalized spacial score (nSPS) is 19.7. The summed E-state index contributed by atoms with van der Waals surface area (Å²) in [4.78, 5) is 15.8. The lowest BCUT2D eigenvalue weighted by Gasteiger charge is -2.16. The zero-order valence-corrected chi connectivity index (χ0v) is 11.3. The predicted molar refractivity (Wildman–Crippen MR) is 74.0 cm³/mol. The topological polar surface area (TPSA) is 35.6 Å². The average Bonchev–Trinajstić information content (AvgIpc) is 2.68. The number of hydrogen-bond donors (Lipinski definition) is 1. The molecule has 1 aromatic rings. The average molecular weight is 247 g/mol. The van der Waals surface area contributed by atoms with Gasteiger partial charge in [-0.05, 0) is 31.2 Å². The number of aryl methyl sites for hydroxylation is 1. The van der Waals surface area contributed by atoms with E-state index >= 15 is 0 Å². The van der Waals surface area contributed by atoms with E-state index in [2.05, 4.69) is 24.4 Å². The van der Waals surface area contributed by atoms with Gasteiger partial charge in [0.1, 0.15) is 0 Å². The number of carbonyl (C=O) groups is 1. The maximum Gasteiger partial charge on any atom is 0.324 e. The molecule has 4 nitrogen and oxygen atoms in total. The zero-order chi connectivity index (χ0) is 13.1. The zero-order valence-electron chi connectivity index (χ0n) is 11.3. The van der Waals surface area contributed by atoms with Gasteiger partial charge in [0.25, 0.3) is 0 Å². The highest BCUT2D eigenvalue weighted by Crippen LogP contribution is 2.23. The van der Waals surface area contributed by atoms with E-state index < -0.39 is 0 Å². The van der Waals surface area contributed by atoms with Crippen LogP contribution in [0.1, 0.15) is 12.5 Å². The number of urea groups is 1. The van der Waals surface area contributed by atoms with Crippen molar-refractivity contribution in [1.82, 2.24) is 10.2 Å². The monoisotopic (exact) mass is 247 g/mol. The molecular formula is C14H21N3O. The number of rotatable bonds is 4. The molecule has 1 aliphatic rings. The third-order valence-electron chi connectivity index (χ3n) is 3.57. The van der Waals surface area contributed by atoms with Gasteiger partial charge in [-0.25, -0.2) is 4.79 Å². The van der Waals surface area contributed by atoms with Crippen molar-refractivity contribution in [3.8, 4) is 0 Å². The van der Waals surface area contributed by atoms with Crippen LogP contribution in [-0.4, -0.2) is 44.2 Å². The molecule has 0 aromatic heterocycles. The third-order valence-corrected chi connectivity index (χ3v) is 3.57. The number of nitrogens with zero attached hydrogens (tertiary/aromatic N) is 2. The molecule has 1 N–H and O–H groups in total. The van der Waals surface area contributed by atoms with Crippen molar-refractivity contribution < 1.29 is 4.79 Å². The van der Waals surface area contributed by atoms with E-state index in [0.717, 1.165) is 25.2 Å². The molecule has 0 spiro atoms. The highest BCUT2D eigenvalue weighted by Gasteiger charge is 2.34. The summed E-state index contributed by atoms with van der Waals surface area (Å²) < 4.78 is 0. The summed E-state index contributed by atoms with van der Waals surface area (Å²) in [6.07, 6.45) is 1.02. The van der Waals surface area contributed by atoms with Crippen LogP contribution < -0.4 is 10.2 Å². The number of anilines is 1. The fourth-order valence-electron chi connectivity index (χ4n) is 2.32. The molecule has 18 heavy (non-hydrogen) atoms. The summed E-state index contributed by atoms with van der Waals surface area (Å²) in [7, 11) is 3.78. The summed E-state index contributed by atoms with van der Waals surface area (Å²) >= 11 is 0. The van der Waals surface area contributed by atoms with Gasteiger partial charge in [-0.1, -0.05) is 19.1 Å². The van der Waals surface area contributed by atoms with E-state index in [1.165, 1.54) is 5.56 Å². The first-order chi connectivity index (χ1) is 8.67. The Kier molecular flexibility index (Phi) is 3.87. The van der Waals surface area contributed by atoms with Crippen LogP contribution in [0.5, 0.6) is 0 Å². The lowest BCUT2D eigenvalue weighted by molar-refractivity contribution is 0.218. The molecule has 1 heterocycles. The largest absolute Gasteiger partial charge is 0.324 e. The minimum Gasteiger partial charge on any atom is -0.321 e. The summed E-state index contributed by atoms with van der Waals surface area (Å²) in [6.45, 7) is 3.71. The quantitative estimate of drug-likeness (QED) is 0.879. The van der Waals surface area contributed by atoms with Crippen molar-refractivity contribution >= 4 is 11.7 Å². The van der Waals surface area contributed by atoms with Crippen LogP contribution in [0.25, 0.3) is 0 Å². The molecule has 0 bridgehead atoms. The fraction of sp³-hybridized carbons (Fsp3) is 0.500. The Morgan fingerprint density at radius 2 is 2.00 bits per heavy atom. The molecule has 1 atom stereocenters. The fourth-order valence-corrected chi connectivity index (χ4v) is 2.32. The first kappa shape index (κ1) is 12.9. The standard InChI is InChI=1S/C14H21N3O/c1-4-11-5-7-12(8-6-11)17-10-13(9-15-2)16(3)14(17)18/h5-8,13,15H,4,9-10H2,1-3H3. The van der Waals surface area contributed by atoms with Gasteiger partial charge in [-0.15, -0.1) is 0 Å². The number of likely N-dealkylation sites (N-methyl/N-ethyl adjacent to an activating group) is 2. The molecule has 1 aliphatic heterocycles. The number of benzene rings is 1. The second-order valence-electron chi connectivity index (χ2n) is 4.74. The summed E-state index contributed by atoms with van der Waals surface area (Å²) in [6, 6.07) is 8.58. The molecule has 0 radical (unpaired) electrons. The molecule has 1 saturated heterocycles. The van der Waals surface area contributed by atoms with E-state index in [4.69, 9.17) is 0 Å². The second-order valence-corrected chi connectivity index (χ2v) is 4.74. The van der Waals surface area contributed by atoms with Crippen molar-refractivity contribution in [2.75, 3.05) is 32.1 Å². The molecule has 2 amide bonds. The van der Waals surface area contributed by atoms with Gasteiger partial charge in [-0.2, -0.15) is 0 Å². The number of hydrogen-bond acceptors (Lipinski definition) is 2. The Morgan fingerprint density at radius 1 is 1.33 bits per heavy atom. The maximum atomic E-state index is 12.2. The van der Waals surface area contributed by atoms with Gasteiger partial charge in [0, 0.05) is 25.8 Å². The lowest BCUT2D eigenvalue weighted by atomic mass is 10.1. The van der Waals surface area contributed by atoms with Gasteiger partial charge in [-0.3, -0.25) is 4.90 Å². The number of amides is 2. The molecule has 2 rings (SSSR count). The molecule has 1 aromatic carbocycles. The van der Waals surface area contributed by atoms with E-state index in [0.29, 0.717) is 0 Å². The van der Waals surface area contributed by atoms with Crippen LogP contribution in [0, 0.1) is 0 Å². The highest BCUT2D eigenvalue weighted by atomic mass is 16.2. The van der Waals surface area contributed by atoms with Crippen LogP contribution in [-0.2, 0) is 6.42 Å². The van der Waals surface area contributed by atoms with E-state index in [9.17, 15) is 4.79 Å². The molecule has 1 fully saturated rings. The van der Waals surface area contributed by atoms with Crippen molar-refractivity contribution in [3.63, 3.8) is 0 Å². The molecule has 4 heteroatoms. The summed E-state index contributed by atoms with van der Waals surface area (Å²) in [5.41, 5.74) is 2.29.